The van der Waals surface area contributed by atoms with E-state index >= 15 is 0 Å². The highest BCUT2D eigenvalue weighted by molar-refractivity contribution is 5.75. The van der Waals surface area contributed by atoms with Crippen molar-refractivity contribution in [2.75, 3.05) is 13.1 Å². The first-order valence-corrected chi connectivity index (χ1v) is 9.10. The normalized spacial score (nSPS) is 47.6. The third-order valence-corrected chi connectivity index (χ3v) is 6.69. The molecule has 5 heteroatoms. The number of rotatable bonds is 4. The Morgan fingerprint density at radius 3 is 2.87 bits per heavy atom. The first-order valence-electron chi connectivity index (χ1n) is 9.10. The van der Waals surface area contributed by atoms with Gasteiger partial charge in [0.25, 0.3) is 0 Å². The monoisotopic (exact) mass is 325 g/mol. The maximum Gasteiger partial charge on any atom is 0.310 e. The lowest BCUT2D eigenvalue weighted by Crippen LogP contribution is -2.39. The Kier molecular flexibility index (Phi) is 4.73. The summed E-state index contributed by atoms with van der Waals surface area (Å²) in [4.78, 5) is 12.3. The predicted molar refractivity (Wildman–Crippen MR) is 86.6 cm³/mol. The average molecular weight is 325 g/mol. The van der Waals surface area contributed by atoms with Crippen LogP contribution < -0.4 is 5.32 Å². The van der Waals surface area contributed by atoms with E-state index in [4.69, 9.17) is 4.74 Å². The maximum atomic E-state index is 12.3. The lowest BCUT2D eigenvalue weighted by Gasteiger charge is -2.37. The van der Waals surface area contributed by atoms with E-state index in [2.05, 4.69) is 19.2 Å². The number of aliphatic hydroxyl groups is 2. The van der Waals surface area contributed by atoms with Crippen molar-refractivity contribution in [3.8, 4) is 0 Å². The van der Waals surface area contributed by atoms with Gasteiger partial charge in [-0.2, -0.15) is 0 Å². The molecule has 0 aromatic rings. The van der Waals surface area contributed by atoms with Gasteiger partial charge in [0, 0.05) is 19.0 Å². The van der Waals surface area contributed by atoms with Gasteiger partial charge < -0.3 is 20.3 Å². The Labute approximate surface area is 138 Å². The molecular formula is C18H31NO4. The Bertz CT molecular complexity index is 454. The van der Waals surface area contributed by atoms with E-state index < -0.39 is 6.10 Å². The van der Waals surface area contributed by atoms with E-state index in [0.717, 1.165) is 25.7 Å². The number of nitrogens with one attached hydrogen (secondary N) is 1. The van der Waals surface area contributed by atoms with E-state index in [-0.39, 0.29) is 35.4 Å². The van der Waals surface area contributed by atoms with Crippen LogP contribution in [-0.4, -0.2) is 47.6 Å². The molecule has 23 heavy (non-hydrogen) atoms. The summed E-state index contributed by atoms with van der Waals surface area (Å²) in [5, 5.41) is 23.2. The van der Waals surface area contributed by atoms with E-state index in [1.165, 1.54) is 0 Å². The average Bonchev–Trinajstić information content (AvgIpc) is 2.86. The largest absolute Gasteiger partial charge is 0.462 e. The van der Waals surface area contributed by atoms with Gasteiger partial charge in [0.05, 0.1) is 18.1 Å². The minimum atomic E-state index is -0.420. The molecule has 132 valence electrons. The van der Waals surface area contributed by atoms with Crippen molar-refractivity contribution in [2.24, 2.45) is 29.1 Å². The van der Waals surface area contributed by atoms with Gasteiger partial charge in [0.2, 0.25) is 0 Å². The van der Waals surface area contributed by atoms with Crippen molar-refractivity contribution >= 4 is 5.97 Å². The van der Waals surface area contributed by atoms with Crippen LogP contribution in [0.25, 0.3) is 0 Å². The molecule has 1 heterocycles. The fourth-order valence-electron chi connectivity index (χ4n) is 5.44. The van der Waals surface area contributed by atoms with Crippen LogP contribution in [0.1, 0.15) is 46.5 Å². The quantitative estimate of drug-likeness (QED) is 0.680. The Morgan fingerprint density at radius 2 is 2.17 bits per heavy atom. The Balaban J connectivity index is 1.77. The molecule has 2 saturated carbocycles. The summed E-state index contributed by atoms with van der Waals surface area (Å²) in [6, 6.07) is 0. The molecule has 0 bridgehead atoms. The van der Waals surface area contributed by atoms with Gasteiger partial charge in [-0.3, -0.25) is 4.79 Å². The molecule has 1 saturated heterocycles. The van der Waals surface area contributed by atoms with Gasteiger partial charge in [0.1, 0.15) is 6.10 Å². The van der Waals surface area contributed by atoms with Crippen LogP contribution in [0.4, 0.5) is 0 Å². The van der Waals surface area contributed by atoms with Crippen LogP contribution >= 0.6 is 0 Å². The molecule has 8 atom stereocenters. The van der Waals surface area contributed by atoms with Gasteiger partial charge in [-0.25, -0.2) is 0 Å². The summed E-state index contributed by atoms with van der Waals surface area (Å²) in [6.07, 6.45) is 3.04. The lowest BCUT2D eigenvalue weighted by molar-refractivity contribution is -0.144. The summed E-state index contributed by atoms with van der Waals surface area (Å²) < 4.78 is 5.71. The zero-order valence-corrected chi connectivity index (χ0v) is 14.5. The molecule has 3 fully saturated rings. The molecule has 0 radical (unpaired) electrons. The highest BCUT2D eigenvalue weighted by atomic mass is 16.6. The van der Waals surface area contributed by atoms with Gasteiger partial charge in [0.15, 0.2) is 0 Å². The van der Waals surface area contributed by atoms with Crippen molar-refractivity contribution in [3.05, 3.63) is 0 Å². The van der Waals surface area contributed by atoms with Crippen LogP contribution in [0.5, 0.6) is 0 Å². The number of carbonyl (C=O) groups is 1. The minimum Gasteiger partial charge on any atom is -0.462 e. The number of aliphatic hydroxyl groups excluding tert-OH is 2. The number of esters is 1. The molecule has 3 N–H and O–H groups in total. The topological polar surface area (TPSA) is 78.8 Å². The highest BCUT2D eigenvalue weighted by Gasteiger charge is 2.57. The summed E-state index contributed by atoms with van der Waals surface area (Å²) in [6.45, 7) is 7.22. The first kappa shape index (κ1) is 17.2. The minimum absolute atomic E-state index is 0.00882. The standard InChI is InChI=1S/C18H31NO4/c1-10-6-15-12(7-18(3)14(10)4-5-16(18)21)13(17(22)23-15)9-19-8-11(2)20/h10-16,19-21H,4-9H2,1-3H3/t10-,11?,12-,13+,14+,15+,16+,18+/m1/s1. The second kappa shape index (κ2) is 6.34. The number of hydrogen-bond donors (Lipinski definition) is 3. The Morgan fingerprint density at radius 1 is 1.43 bits per heavy atom. The van der Waals surface area contributed by atoms with E-state index in [1.54, 1.807) is 6.92 Å². The van der Waals surface area contributed by atoms with Crippen molar-refractivity contribution in [1.29, 1.82) is 0 Å². The third kappa shape index (κ3) is 3.03. The third-order valence-electron chi connectivity index (χ3n) is 6.69. The SMILES string of the molecule is CC(O)CNC[C@@H]1C(=O)O[C@H]2C[C@@H](C)[C@@H]3CC[C@H](O)[C@@]3(C)C[C@@H]21. The van der Waals surface area contributed by atoms with E-state index in [9.17, 15) is 15.0 Å². The van der Waals surface area contributed by atoms with Crippen molar-refractivity contribution in [2.45, 2.75) is 64.8 Å². The first-order chi connectivity index (χ1) is 10.8. The maximum absolute atomic E-state index is 12.3. The molecular weight excluding hydrogens is 294 g/mol. The van der Waals surface area contributed by atoms with E-state index in [0.29, 0.717) is 24.9 Å². The van der Waals surface area contributed by atoms with Crippen LogP contribution in [0.15, 0.2) is 0 Å². The number of hydrogen-bond acceptors (Lipinski definition) is 5. The summed E-state index contributed by atoms with van der Waals surface area (Å²) in [5.74, 6) is 0.903. The van der Waals surface area contributed by atoms with Crippen molar-refractivity contribution in [1.82, 2.24) is 5.32 Å². The lowest BCUT2D eigenvalue weighted by atomic mass is 9.68. The van der Waals surface area contributed by atoms with Crippen LogP contribution in [-0.2, 0) is 9.53 Å². The number of fused-ring (bicyclic) bond motifs is 2. The summed E-state index contributed by atoms with van der Waals surface area (Å²) >= 11 is 0. The number of ether oxygens (including phenoxy) is 1. The van der Waals surface area contributed by atoms with Gasteiger partial charge in [-0.05, 0) is 49.9 Å². The molecule has 0 aromatic carbocycles. The van der Waals surface area contributed by atoms with Gasteiger partial charge in [-0.15, -0.1) is 0 Å². The Hall–Kier alpha value is -0.650. The highest BCUT2D eigenvalue weighted by Crippen LogP contribution is 2.56. The van der Waals surface area contributed by atoms with E-state index in [1.807, 2.05) is 0 Å². The summed E-state index contributed by atoms with van der Waals surface area (Å²) in [5.41, 5.74) is -0.102. The van der Waals surface area contributed by atoms with Crippen molar-refractivity contribution in [3.63, 3.8) is 0 Å². The molecule has 1 unspecified atom stereocenters. The molecule has 3 aliphatic rings. The fourth-order valence-corrected chi connectivity index (χ4v) is 5.44. The zero-order valence-electron chi connectivity index (χ0n) is 14.5. The molecule has 0 amide bonds. The molecule has 1 aliphatic heterocycles. The van der Waals surface area contributed by atoms with Crippen LogP contribution in [0.3, 0.4) is 0 Å². The van der Waals surface area contributed by atoms with Crippen LogP contribution in [0.2, 0.25) is 0 Å². The van der Waals surface area contributed by atoms with Gasteiger partial charge >= 0.3 is 5.97 Å². The smallest absolute Gasteiger partial charge is 0.310 e. The fraction of sp³-hybridized carbons (Fsp3) is 0.944. The molecule has 5 nitrogen and oxygen atoms in total. The molecule has 0 spiro atoms. The van der Waals surface area contributed by atoms with Gasteiger partial charge in [-0.1, -0.05) is 13.8 Å². The second-order valence-electron chi connectivity index (χ2n) is 8.38. The predicted octanol–water partition coefficient (Wildman–Crippen LogP) is 1.32. The van der Waals surface area contributed by atoms with Crippen LogP contribution in [0, 0.1) is 29.1 Å². The molecule has 3 rings (SSSR count). The zero-order chi connectivity index (χ0) is 16.8. The van der Waals surface area contributed by atoms with Crippen molar-refractivity contribution < 1.29 is 19.7 Å². The number of carbonyl (C=O) groups excluding carboxylic acids is 1. The summed E-state index contributed by atoms with van der Waals surface area (Å²) in [7, 11) is 0. The second-order valence-corrected chi connectivity index (χ2v) is 8.38. The molecule has 0 aromatic heterocycles. The molecule has 2 aliphatic carbocycles.